The van der Waals surface area contributed by atoms with E-state index in [-0.39, 0.29) is 18.9 Å². The van der Waals surface area contributed by atoms with Gasteiger partial charge in [0.15, 0.2) is 0 Å². The Kier molecular flexibility index (Phi) is 7.38. The SMILES string of the molecule is CON(C)C(=O)[C@H](CC(=O)OC(C)(C)C)NC(=O)OCC1c2ccccc2-c2ccccc21. The van der Waals surface area contributed by atoms with Gasteiger partial charge < -0.3 is 14.8 Å². The van der Waals surface area contributed by atoms with E-state index in [2.05, 4.69) is 5.32 Å². The minimum Gasteiger partial charge on any atom is -0.460 e. The van der Waals surface area contributed by atoms with Crippen LogP contribution in [0.2, 0.25) is 0 Å². The van der Waals surface area contributed by atoms with Gasteiger partial charge in [-0.3, -0.25) is 14.4 Å². The van der Waals surface area contributed by atoms with Crippen molar-refractivity contribution in [1.82, 2.24) is 10.4 Å². The molecule has 1 N–H and O–H groups in total. The highest BCUT2D eigenvalue weighted by atomic mass is 16.7. The van der Waals surface area contributed by atoms with E-state index in [1.807, 2.05) is 48.5 Å². The number of carbonyl (C=O) groups excluding carboxylic acids is 3. The van der Waals surface area contributed by atoms with Crippen molar-refractivity contribution in [3.8, 4) is 11.1 Å². The third kappa shape index (κ3) is 5.90. The second-order valence-corrected chi connectivity index (χ2v) is 8.83. The number of likely N-dealkylation sites (N-methyl/N-ethyl adjacent to an activating group) is 1. The van der Waals surface area contributed by atoms with Gasteiger partial charge in [-0.1, -0.05) is 48.5 Å². The van der Waals surface area contributed by atoms with Crippen molar-refractivity contribution < 1.29 is 28.7 Å². The van der Waals surface area contributed by atoms with Crippen LogP contribution in [0.5, 0.6) is 0 Å². The van der Waals surface area contributed by atoms with E-state index in [9.17, 15) is 14.4 Å². The molecule has 0 aromatic heterocycles. The Labute approximate surface area is 193 Å². The van der Waals surface area contributed by atoms with Crippen LogP contribution in [-0.2, 0) is 23.9 Å². The van der Waals surface area contributed by atoms with Crippen LogP contribution in [0.1, 0.15) is 44.2 Å². The number of esters is 1. The molecule has 2 amide bonds. The zero-order valence-electron chi connectivity index (χ0n) is 19.6. The predicted molar refractivity (Wildman–Crippen MR) is 122 cm³/mol. The number of hydrogen-bond donors (Lipinski definition) is 1. The van der Waals surface area contributed by atoms with Crippen LogP contribution in [0.4, 0.5) is 4.79 Å². The first-order valence-electron chi connectivity index (χ1n) is 10.8. The Morgan fingerprint density at radius 3 is 2.06 bits per heavy atom. The molecule has 0 heterocycles. The third-order valence-corrected chi connectivity index (χ3v) is 5.31. The Hall–Kier alpha value is -3.39. The summed E-state index contributed by atoms with van der Waals surface area (Å²) in [6.45, 7) is 5.26. The number of carbonyl (C=O) groups is 3. The fourth-order valence-electron chi connectivity index (χ4n) is 3.84. The van der Waals surface area contributed by atoms with Gasteiger partial charge in [0, 0.05) is 13.0 Å². The lowest BCUT2D eigenvalue weighted by Crippen LogP contribution is -2.49. The molecule has 0 fully saturated rings. The summed E-state index contributed by atoms with van der Waals surface area (Å²) in [5.74, 6) is -1.34. The van der Waals surface area contributed by atoms with Gasteiger partial charge in [-0.15, -0.1) is 0 Å². The smallest absolute Gasteiger partial charge is 0.407 e. The first kappa shape index (κ1) is 24.3. The van der Waals surface area contributed by atoms with Crippen LogP contribution < -0.4 is 5.32 Å². The molecule has 8 heteroatoms. The van der Waals surface area contributed by atoms with Crippen molar-refractivity contribution >= 4 is 18.0 Å². The van der Waals surface area contributed by atoms with Crippen LogP contribution in [-0.4, -0.2) is 55.4 Å². The topological polar surface area (TPSA) is 94.2 Å². The van der Waals surface area contributed by atoms with E-state index in [1.165, 1.54) is 14.2 Å². The summed E-state index contributed by atoms with van der Waals surface area (Å²) >= 11 is 0. The standard InChI is InChI=1S/C25H30N2O6/c1-25(2,3)33-22(28)14-21(23(29)27(4)31-5)26-24(30)32-15-20-18-12-8-6-10-16(18)17-11-7-9-13-19(17)20/h6-13,20-21H,14-15H2,1-5H3,(H,26,30)/t21-/m0/s1. The fraction of sp³-hybridized carbons (Fsp3) is 0.400. The van der Waals surface area contributed by atoms with Crippen molar-refractivity contribution in [3.63, 3.8) is 0 Å². The minimum atomic E-state index is -1.19. The van der Waals surface area contributed by atoms with Crippen LogP contribution in [0.15, 0.2) is 48.5 Å². The van der Waals surface area contributed by atoms with Crippen molar-refractivity contribution in [2.24, 2.45) is 0 Å². The number of fused-ring (bicyclic) bond motifs is 3. The van der Waals surface area contributed by atoms with E-state index in [0.29, 0.717) is 0 Å². The Morgan fingerprint density at radius 1 is 1.00 bits per heavy atom. The second kappa shape index (κ2) is 10.0. The van der Waals surface area contributed by atoms with Crippen molar-refractivity contribution in [3.05, 3.63) is 59.7 Å². The van der Waals surface area contributed by atoms with Crippen LogP contribution >= 0.6 is 0 Å². The maximum Gasteiger partial charge on any atom is 0.407 e. The summed E-state index contributed by atoms with van der Waals surface area (Å²) in [5.41, 5.74) is 3.66. The second-order valence-electron chi connectivity index (χ2n) is 8.83. The lowest BCUT2D eigenvalue weighted by molar-refractivity contribution is -0.173. The molecule has 0 radical (unpaired) electrons. The molecule has 0 saturated heterocycles. The number of hydrogen-bond acceptors (Lipinski definition) is 6. The van der Waals surface area contributed by atoms with Crippen molar-refractivity contribution in [2.45, 2.75) is 44.8 Å². The molecule has 1 atom stereocenters. The molecule has 1 aliphatic rings. The van der Waals surface area contributed by atoms with Crippen molar-refractivity contribution in [2.75, 3.05) is 20.8 Å². The Balaban J connectivity index is 1.69. The maximum atomic E-state index is 12.6. The molecule has 176 valence electrons. The normalized spacial score (nSPS) is 13.5. The summed E-state index contributed by atoms with van der Waals surface area (Å²) in [7, 11) is 2.71. The number of hydroxylamine groups is 2. The molecule has 2 aromatic carbocycles. The monoisotopic (exact) mass is 454 g/mol. The first-order chi connectivity index (χ1) is 15.6. The van der Waals surface area contributed by atoms with Crippen molar-refractivity contribution in [1.29, 1.82) is 0 Å². The highest BCUT2D eigenvalue weighted by Gasteiger charge is 2.32. The lowest BCUT2D eigenvalue weighted by atomic mass is 9.98. The van der Waals surface area contributed by atoms with Gasteiger partial charge in [-0.05, 0) is 43.0 Å². The minimum absolute atomic E-state index is 0.0906. The Morgan fingerprint density at radius 2 is 1.55 bits per heavy atom. The summed E-state index contributed by atoms with van der Waals surface area (Å²) in [6.07, 6.45) is -1.16. The molecule has 1 aliphatic carbocycles. The van der Waals surface area contributed by atoms with E-state index < -0.39 is 29.6 Å². The summed E-state index contributed by atoms with van der Waals surface area (Å²) in [6, 6.07) is 14.8. The summed E-state index contributed by atoms with van der Waals surface area (Å²) < 4.78 is 10.8. The molecule has 0 unspecified atom stereocenters. The van der Waals surface area contributed by atoms with E-state index in [4.69, 9.17) is 14.3 Å². The number of amides is 2. The number of alkyl carbamates (subject to hydrolysis) is 1. The van der Waals surface area contributed by atoms with Gasteiger partial charge in [-0.2, -0.15) is 0 Å². The average Bonchev–Trinajstić information content (AvgIpc) is 3.08. The number of nitrogens with one attached hydrogen (secondary N) is 1. The van der Waals surface area contributed by atoms with Crippen LogP contribution in [0.25, 0.3) is 11.1 Å². The molecular formula is C25H30N2O6. The van der Waals surface area contributed by atoms with Gasteiger partial charge >= 0.3 is 12.1 Å². The molecule has 0 aliphatic heterocycles. The zero-order valence-corrected chi connectivity index (χ0v) is 19.6. The highest BCUT2D eigenvalue weighted by Crippen LogP contribution is 2.44. The van der Waals surface area contributed by atoms with Gasteiger partial charge in [-0.25, -0.2) is 9.86 Å². The molecule has 3 rings (SSSR count). The third-order valence-electron chi connectivity index (χ3n) is 5.31. The lowest BCUT2D eigenvalue weighted by Gasteiger charge is -2.24. The van der Waals surface area contributed by atoms with Crippen LogP contribution in [0.3, 0.4) is 0 Å². The van der Waals surface area contributed by atoms with Crippen LogP contribution in [0, 0.1) is 0 Å². The molecule has 8 nitrogen and oxygen atoms in total. The predicted octanol–water partition coefficient (Wildman–Crippen LogP) is 3.65. The quantitative estimate of drug-likeness (QED) is 0.507. The summed E-state index contributed by atoms with van der Waals surface area (Å²) in [4.78, 5) is 42.4. The van der Waals surface area contributed by atoms with Gasteiger partial charge in [0.1, 0.15) is 18.2 Å². The molecular weight excluding hydrogens is 424 g/mol. The fourth-order valence-corrected chi connectivity index (χ4v) is 3.84. The molecule has 0 spiro atoms. The molecule has 2 aromatic rings. The largest absolute Gasteiger partial charge is 0.460 e. The summed E-state index contributed by atoms with van der Waals surface area (Å²) in [5, 5.41) is 3.43. The maximum absolute atomic E-state index is 12.6. The molecule has 33 heavy (non-hydrogen) atoms. The average molecular weight is 455 g/mol. The molecule has 0 saturated carbocycles. The van der Waals surface area contributed by atoms with E-state index in [1.54, 1.807) is 20.8 Å². The number of rotatable bonds is 7. The highest BCUT2D eigenvalue weighted by molar-refractivity contribution is 5.89. The number of nitrogens with zero attached hydrogens (tertiary/aromatic N) is 1. The number of ether oxygens (including phenoxy) is 2. The van der Waals surface area contributed by atoms with E-state index >= 15 is 0 Å². The first-order valence-corrected chi connectivity index (χ1v) is 10.8. The zero-order chi connectivity index (χ0) is 24.2. The van der Waals surface area contributed by atoms with Gasteiger partial charge in [0.05, 0.1) is 13.5 Å². The van der Waals surface area contributed by atoms with E-state index in [0.717, 1.165) is 27.3 Å². The number of benzene rings is 2. The van der Waals surface area contributed by atoms with Gasteiger partial charge in [0.2, 0.25) is 0 Å². The van der Waals surface area contributed by atoms with Gasteiger partial charge in [0.25, 0.3) is 5.91 Å². The Bertz CT molecular complexity index is 984. The molecule has 0 bridgehead atoms.